The molecule has 0 radical (unpaired) electrons. The van der Waals surface area contributed by atoms with Gasteiger partial charge < -0.3 is 15.0 Å². The molecule has 124 valence electrons. The molecule has 22 heavy (non-hydrogen) atoms. The van der Waals surface area contributed by atoms with Crippen molar-refractivity contribution in [3.63, 3.8) is 0 Å². The van der Waals surface area contributed by atoms with Gasteiger partial charge in [0.15, 0.2) is 5.96 Å². The Morgan fingerprint density at radius 1 is 1.32 bits per heavy atom. The van der Waals surface area contributed by atoms with Crippen LogP contribution in [0.25, 0.3) is 0 Å². The summed E-state index contributed by atoms with van der Waals surface area (Å²) in [5.74, 6) is 1.92. The Kier molecular flexibility index (Phi) is 7.45. The molecule has 1 aliphatic rings. The summed E-state index contributed by atoms with van der Waals surface area (Å²) in [5, 5.41) is 3.52. The number of nitrogens with zero attached hydrogens (tertiary/aromatic N) is 2. The van der Waals surface area contributed by atoms with E-state index in [1.807, 2.05) is 19.2 Å². The first kappa shape index (κ1) is 19.1. The van der Waals surface area contributed by atoms with Crippen molar-refractivity contribution in [1.82, 2.24) is 10.2 Å². The summed E-state index contributed by atoms with van der Waals surface area (Å²) < 4.78 is 5.33. The van der Waals surface area contributed by atoms with Crippen LogP contribution in [0, 0.1) is 0 Å². The van der Waals surface area contributed by atoms with Gasteiger partial charge in [-0.05, 0) is 30.5 Å². The van der Waals surface area contributed by atoms with Gasteiger partial charge in [-0.3, -0.25) is 4.99 Å². The van der Waals surface area contributed by atoms with E-state index < -0.39 is 0 Å². The fourth-order valence-electron chi connectivity index (χ4n) is 2.71. The van der Waals surface area contributed by atoms with E-state index in [1.165, 1.54) is 18.4 Å². The number of halogens is 1. The van der Waals surface area contributed by atoms with Crippen molar-refractivity contribution in [2.24, 2.45) is 4.99 Å². The predicted molar refractivity (Wildman–Crippen MR) is 104 cm³/mol. The first-order chi connectivity index (χ1) is 10.1. The molecule has 0 atom stereocenters. The Bertz CT molecular complexity index is 496. The molecule has 0 amide bonds. The lowest BCUT2D eigenvalue weighted by Crippen LogP contribution is -2.44. The molecule has 1 heterocycles. The highest BCUT2D eigenvalue weighted by molar-refractivity contribution is 14.0. The molecule has 1 aromatic carbocycles. The van der Waals surface area contributed by atoms with Gasteiger partial charge in [-0.2, -0.15) is 0 Å². The van der Waals surface area contributed by atoms with Crippen LogP contribution < -0.4 is 10.1 Å². The van der Waals surface area contributed by atoms with Gasteiger partial charge in [0.1, 0.15) is 5.75 Å². The fraction of sp³-hybridized carbons (Fsp3) is 0.588. The lowest BCUT2D eigenvalue weighted by atomic mass is 9.84. The average Bonchev–Trinajstić information content (AvgIpc) is 3.02. The highest BCUT2D eigenvalue weighted by atomic mass is 127. The minimum absolute atomic E-state index is 0. The standard InChI is InChI=1S/C17H27N3O.HI/c1-17(2,14-8-7-9-15(12-14)21-4)13-19-16(18-3)20-10-5-6-11-20;/h7-9,12H,5-6,10-11,13H2,1-4H3,(H,18,19);1H. The van der Waals surface area contributed by atoms with Gasteiger partial charge in [-0.1, -0.05) is 26.0 Å². The Labute approximate surface area is 151 Å². The molecule has 2 rings (SSSR count). The van der Waals surface area contributed by atoms with Crippen molar-refractivity contribution < 1.29 is 4.74 Å². The van der Waals surface area contributed by atoms with Crippen LogP contribution in [0.4, 0.5) is 0 Å². The van der Waals surface area contributed by atoms with E-state index in [1.54, 1.807) is 7.11 Å². The molecular formula is C17H28IN3O. The van der Waals surface area contributed by atoms with E-state index in [0.717, 1.165) is 31.3 Å². The molecule has 1 aliphatic heterocycles. The summed E-state index contributed by atoms with van der Waals surface area (Å²) in [5.41, 5.74) is 1.29. The maximum atomic E-state index is 5.33. The zero-order chi connectivity index (χ0) is 15.3. The van der Waals surface area contributed by atoms with E-state index in [-0.39, 0.29) is 29.4 Å². The topological polar surface area (TPSA) is 36.9 Å². The van der Waals surface area contributed by atoms with Gasteiger partial charge in [0.05, 0.1) is 7.11 Å². The molecule has 1 aromatic rings. The minimum Gasteiger partial charge on any atom is -0.497 e. The summed E-state index contributed by atoms with van der Waals surface area (Å²) in [6.45, 7) is 7.56. The number of benzene rings is 1. The third kappa shape index (κ3) is 4.76. The molecule has 4 nitrogen and oxygen atoms in total. The van der Waals surface area contributed by atoms with Crippen LogP contribution in [0.15, 0.2) is 29.3 Å². The smallest absolute Gasteiger partial charge is 0.193 e. The summed E-state index contributed by atoms with van der Waals surface area (Å²) in [6, 6.07) is 8.30. The zero-order valence-corrected chi connectivity index (χ0v) is 16.4. The van der Waals surface area contributed by atoms with Gasteiger partial charge in [0.2, 0.25) is 0 Å². The van der Waals surface area contributed by atoms with Crippen molar-refractivity contribution in [2.45, 2.75) is 32.1 Å². The first-order valence-corrected chi connectivity index (χ1v) is 7.67. The largest absolute Gasteiger partial charge is 0.497 e. The van der Waals surface area contributed by atoms with Crippen LogP contribution in [-0.2, 0) is 5.41 Å². The van der Waals surface area contributed by atoms with Crippen LogP contribution in [0.1, 0.15) is 32.3 Å². The van der Waals surface area contributed by atoms with Crippen molar-refractivity contribution in [3.05, 3.63) is 29.8 Å². The fourth-order valence-corrected chi connectivity index (χ4v) is 2.71. The zero-order valence-electron chi connectivity index (χ0n) is 14.1. The quantitative estimate of drug-likeness (QED) is 0.464. The number of likely N-dealkylation sites (tertiary alicyclic amines) is 1. The molecule has 1 N–H and O–H groups in total. The molecule has 0 saturated carbocycles. The Balaban J connectivity index is 0.00000242. The SMILES string of the molecule is CN=C(NCC(C)(C)c1cccc(OC)c1)N1CCCC1.I. The third-order valence-corrected chi connectivity index (χ3v) is 4.16. The van der Waals surface area contributed by atoms with E-state index in [4.69, 9.17) is 4.74 Å². The van der Waals surface area contributed by atoms with Gasteiger partial charge >= 0.3 is 0 Å². The second kappa shape index (κ2) is 8.60. The molecule has 1 saturated heterocycles. The minimum atomic E-state index is 0. The number of ether oxygens (including phenoxy) is 1. The highest BCUT2D eigenvalue weighted by Crippen LogP contribution is 2.25. The van der Waals surface area contributed by atoms with E-state index in [2.05, 4.69) is 41.2 Å². The van der Waals surface area contributed by atoms with Crippen molar-refractivity contribution >= 4 is 29.9 Å². The predicted octanol–water partition coefficient (Wildman–Crippen LogP) is 3.26. The second-order valence-electron chi connectivity index (χ2n) is 6.21. The van der Waals surface area contributed by atoms with Gasteiger partial charge in [-0.15, -0.1) is 24.0 Å². The van der Waals surface area contributed by atoms with Crippen molar-refractivity contribution in [1.29, 1.82) is 0 Å². The van der Waals surface area contributed by atoms with Gasteiger partial charge in [-0.25, -0.2) is 0 Å². The number of hydrogen-bond acceptors (Lipinski definition) is 2. The summed E-state index contributed by atoms with van der Waals surface area (Å²) in [7, 11) is 3.57. The Hall–Kier alpha value is -0.980. The number of aliphatic imine (C=N–C) groups is 1. The summed E-state index contributed by atoms with van der Waals surface area (Å²) in [4.78, 5) is 6.74. The van der Waals surface area contributed by atoms with Crippen LogP contribution in [0.5, 0.6) is 5.75 Å². The maximum Gasteiger partial charge on any atom is 0.193 e. The highest BCUT2D eigenvalue weighted by Gasteiger charge is 2.23. The van der Waals surface area contributed by atoms with Crippen molar-refractivity contribution in [3.8, 4) is 5.75 Å². The molecule has 0 aliphatic carbocycles. The van der Waals surface area contributed by atoms with Crippen LogP contribution in [0.3, 0.4) is 0 Å². The molecule has 0 unspecified atom stereocenters. The molecule has 0 bridgehead atoms. The van der Waals surface area contributed by atoms with Crippen LogP contribution in [0.2, 0.25) is 0 Å². The van der Waals surface area contributed by atoms with Crippen LogP contribution >= 0.6 is 24.0 Å². The lowest BCUT2D eigenvalue weighted by Gasteiger charge is -2.29. The Morgan fingerprint density at radius 2 is 2.00 bits per heavy atom. The van der Waals surface area contributed by atoms with Crippen LogP contribution in [-0.4, -0.2) is 44.7 Å². The number of rotatable bonds is 4. The number of methoxy groups -OCH3 is 1. The monoisotopic (exact) mass is 417 g/mol. The maximum absolute atomic E-state index is 5.33. The number of nitrogens with one attached hydrogen (secondary N) is 1. The molecule has 1 fully saturated rings. The van der Waals surface area contributed by atoms with Gasteiger partial charge in [0, 0.05) is 32.1 Å². The summed E-state index contributed by atoms with van der Waals surface area (Å²) >= 11 is 0. The van der Waals surface area contributed by atoms with E-state index >= 15 is 0 Å². The van der Waals surface area contributed by atoms with Gasteiger partial charge in [0.25, 0.3) is 0 Å². The molecule has 0 aromatic heterocycles. The average molecular weight is 417 g/mol. The second-order valence-corrected chi connectivity index (χ2v) is 6.21. The molecule has 5 heteroatoms. The van der Waals surface area contributed by atoms with Crippen molar-refractivity contribution in [2.75, 3.05) is 33.8 Å². The molecule has 0 spiro atoms. The number of hydrogen-bond donors (Lipinski definition) is 1. The Morgan fingerprint density at radius 3 is 2.59 bits per heavy atom. The van der Waals surface area contributed by atoms with E-state index in [0.29, 0.717) is 0 Å². The number of guanidine groups is 1. The normalized spacial score (nSPS) is 15.5. The third-order valence-electron chi connectivity index (χ3n) is 4.16. The van der Waals surface area contributed by atoms with E-state index in [9.17, 15) is 0 Å². The lowest BCUT2D eigenvalue weighted by molar-refractivity contribution is 0.410. The first-order valence-electron chi connectivity index (χ1n) is 7.67. The molecular weight excluding hydrogens is 389 g/mol. The summed E-state index contributed by atoms with van der Waals surface area (Å²) in [6.07, 6.45) is 2.53.